The average molecular weight is 492 g/mol. The molecular weight excluding hydrogens is 461 g/mol. The summed E-state index contributed by atoms with van der Waals surface area (Å²) in [6.45, 7) is 11.6. The Hall–Kier alpha value is -3.66. The summed E-state index contributed by atoms with van der Waals surface area (Å²) in [4.78, 5) is 8.88. The van der Waals surface area contributed by atoms with Crippen LogP contribution in [-0.2, 0) is 0 Å². The molecule has 4 aromatic rings. The maximum Gasteiger partial charge on any atom is 0.233 e. The van der Waals surface area contributed by atoms with Crippen LogP contribution in [0.4, 0.5) is 4.39 Å². The van der Waals surface area contributed by atoms with Gasteiger partial charge in [-0.2, -0.15) is 5.10 Å². The van der Waals surface area contributed by atoms with Crippen LogP contribution in [0.25, 0.3) is 28.3 Å². The number of rotatable bonds is 4. The normalized spacial score (nSPS) is 21.0. The first kappa shape index (κ1) is 24.1. The van der Waals surface area contributed by atoms with E-state index in [0.717, 1.165) is 16.9 Å². The number of hydrogen-bond donors (Lipinski definition) is 2. The SMILES string of the molecule is Cc1cn2nc(-c3cnc(-c4ccc(O[C@H]5CC(C)(C)NC(C)(C)[C@H]5F)nn4)c(O)c3)cc(C)c2n1. The fourth-order valence-electron chi connectivity index (χ4n) is 5.01. The molecule has 1 aliphatic rings. The van der Waals surface area contributed by atoms with E-state index in [2.05, 4.69) is 30.6 Å². The molecule has 5 heterocycles. The largest absolute Gasteiger partial charge is 0.506 e. The van der Waals surface area contributed by atoms with Crippen molar-refractivity contribution in [2.45, 2.75) is 71.3 Å². The fraction of sp³-hybridized carbons (Fsp3) is 0.423. The average Bonchev–Trinajstić information content (AvgIpc) is 3.18. The fourth-order valence-corrected chi connectivity index (χ4v) is 5.01. The molecule has 9 nitrogen and oxygen atoms in total. The van der Waals surface area contributed by atoms with Gasteiger partial charge in [0.15, 0.2) is 11.8 Å². The summed E-state index contributed by atoms with van der Waals surface area (Å²) in [5.74, 6) is 0.169. The molecule has 36 heavy (non-hydrogen) atoms. The molecule has 0 aromatic carbocycles. The second-order valence-corrected chi connectivity index (χ2v) is 10.7. The van der Waals surface area contributed by atoms with Gasteiger partial charge in [0, 0.05) is 35.3 Å². The van der Waals surface area contributed by atoms with Gasteiger partial charge in [-0.1, -0.05) is 0 Å². The van der Waals surface area contributed by atoms with Crippen molar-refractivity contribution < 1.29 is 14.2 Å². The molecule has 0 bridgehead atoms. The Morgan fingerprint density at radius 2 is 1.89 bits per heavy atom. The number of halogens is 1. The van der Waals surface area contributed by atoms with Gasteiger partial charge in [0.05, 0.1) is 17.6 Å². The van der Waals surface area contributed by atoms with E-state index in [9.17, 15) is 5.11 Å². The van der Waals surface area contributed by atoms with Gasteiger partial charge >= 0.3 is 0 Å². The minimum absolute atomic E-state index is 0.0532. The summed E-state index contributed by atoms with van der Waals surface area (Å²) < 4.78 is 22.7. The van der Waals surface area contributed by atoms with Gasteiger partial charge < -0.3 is 15.2 Å². The predicted molar refractivity (Wildman–Crippen MR) is 134 cm³/mol. The molecule has 0 aliphatic carbocycles. The number of nitrogens with one attached hydrogen (secondary N) is 1. The Kier molecular flexibility index (Phi) is 5.66. The van der Waals surface area contributed by atoms with Crippen molar-refractivity contribution in [1.29, 1.82) is 0 Å². The first-order valence-corrected chi connectivity index (χ1v) is 11.9. The molecule has 1 saturated heterocycles. The summed E-state index contributed by atoms with van der Waals surface area (Å²) in [5.41, 5.74) is 3.59. The third kappa shape index (κ3) is 4.48. The molecule has 0 amide bonds. The molecule has 4 aromatic heterocycles. The van der Waals surface area contributed by atoms with Crippen molar-refractivity contribution in [3.63, 3.8) is 0 Å². The number of aryl methyl sites for hydroxylation is 2. The molecule has 2 N–H and O–H groups in total. The maximum absolute atomic E-state index is 15.1. The summed E-state index contributed by atoms with van der Waals surface area (Å²) in [5, 5.41) is 26.9. The number of ether oxygens (including phenoxy) is 1. The lowest BCUT2D eigenvalue weighted by molar-refractivity contribution is -0.0281. The number of aromatic nitrogens is 6. The van der Waals surface area contributed by atoms with Gasteiger partial charge in [-0.15, -0.1) is 10.2 Å². The number of imidazole rings is 1. The first-order valence-electron chi connectivity index (χ1n) is 11.9. The Bertz CT molecular complexity index is 1430. The van der Waals surface area contributed by atoms with Crippen molar-refractivity contribution >= 4 is 5.65 Å². The molecule has 0 spiro atoms. The van der Waals surface area contributed by atoms with E-state index >= 15 is 4.39 Å². The summed E-state index contributed by atoms with van der Waals surface area (Å²) >= 11 is 0. The third-order valence-electron chi connectivity index (χ3n) is 6.44. The minimum Gasteiger partial charge on any atom is -0.506 e. The van der Waals surface area contributed by atoms with Crippen LogP contribution in [0.1, 0.15) is 45.4 Å². The third-order valence-corrected chi connectivity index (χ3v) is 6.44. The standard InChI is InChI=1S/C26H30FN7O2/c1-14-9-18(32-34-13-15(2)29-24(14)34)16-10-19(35)22(28-12-16)17-7-8-21(31-30-17)36-20-11-25(3,4)33-26(5,6)23(20)27/h7-10,12-13,20,23,33,35H,11H2,1-6H3/t20-,23-/m0/s1. The van der Waals surface area contributed by atoms with Crippen LogP contribution in [0, 0.1) is 13.8 Å². The summed E-state index contributed by atoms with van der Waals surface area (Å²) in [7, 11) is 0. The molecule has 0 unspecified atom stereocenters. The number of piperidine rings is 1. The number of hydrogen-bond acceptors (Lipinski definition) is 8. The van der Waals surface area contributed by atoms with Crippen molar-refractivity contribution in [2.75, 3.05) is 0 Å². The second kappa shape index (κ2) is 8.48. The van der Waals surface area contributed by atoms with Crippen LogP contribution in [0.3, 0.4) is 0 Å². The molecule has 1 fully saturated rings. The monoisotopic (exact) mass is 491 g/mol. The number of fused-ring (bicyclic) bond motifs is 1. The van der Waals surface area contributed by atoms with E-state index in [-0.39, 0.29) is 22.9 Å². The molecule has 10 heteroatoms. The predicted octanol–water partition coefficient (Wildman–Crippen LogP) is 4.21. The van der Waals surface area contributed by atoms with E-state index in [0.29, 0.717) is 23.4 Å². The van der Waals surface area contributed by atoms with Gasteiger partial charge in [-0.25, -0.2) is 18.9 Å². The van der Waals surface area contributed by atoms with Crippen LogP contribution in [0.5, 0.6) is 11.6 Å². The molecular formula is C26H30FN7O2. The lowest BCUT2D eigenvalue weighted by Gasteiger charge is -2.48. The van der Waals surface area contributed by atoms with Gasteiger partial charge in [-0.05, 0) is 65.3 Å². The zero-order chi connectivity index (χ0) is 25.8. The van der Waals surface area contributed by atoms with Gasteiger partial charge in [0.25, 0.3) is 0 Å². The van der Waals surface area contributed by atoms with Crippen LogP contribution in [0.15, 0.2) is 36.7 Å². The van der Waals surface area contributed by atoms with Crippen LogP contribution < -0.4 is 10.1 Å². The molecule has 5 rings (SSSR count). The zero-order valence-corrected chi connectivity index (χ0v) is 21.2. The lowest BCUT2D eigenvalue weighted by Crippen LogP contribution is -2.66. The molecule has 2 atom stereocenters. The van der Waals surface area contributed by atoms with E-state index in [4.69, 9.17) is 4.74 Å². The maximum atomic E-state index is 15.1. The summed E-state index contributed by atoms with van der Waals surface area (Å²) in [6.07, 6.45) is 2.10. The zero-order valence-electron chi connectivity index (χ0n) is 21.2. The molecule has 0 saturated carbocycles. The van der Waals surface area contributed by atoms with Crippen LogP contribution in [0.2, 0.25) is 0 Å². The van der Waals surface area contributed by atoms with Crippen molar-refractivity contribution in [3.05, 3.63) is 47.9 Å². The highest BCUT2D eigenvalue weighted by atomic mass is 19.1. The van der Waals surface area contributed by atoms with Crippen molar-refractivity contribution in [2.24, 2.45) is 0 Å². The highest BCUT2D eigenvalue weighted by molar-refractivity contribution is 5.69. The minimum atomic E-state index is -1.21. The highest BCUT2D eigenvalue weighted by Gasteiger charge is 2.47. The highest BCUT2D eigenvalue weighted by Crippen LogP contribution is 2.34. The molecule has 1 aliphatic heterocycles. The number of alkyl halides is 1. The Morgan fingerprint density at radius 3 is 2.58 bits per heavy atom. The van der Waals surface area contributed by atoms with Gasteiger partial charge in [0.1, 0.15) is 23.2 Å². The number of nitrogens with zero attached hydrogens (tertiary/aromatic N) is 6. The number of pyridine rings is 1. The van der Waals surface area contributed by atoms with E-state index in [1.54, 1.807) is 28.9 Å². The molecule has 188 valence electrons. The Morgan fingerprint density at radius 1 is 1.11 bits per heavy atom. The summed E-state index contributed by atoms with van der Waals surface area (Å²) in [6, 6.07) is 6.77. The van der Waals surface area contributed by atoms with Crippen molar-refractivity contribution in [3.8, 4) is 34.3 Å². The van der Waals surface area contributed by atoms with Gasteiger partial charge in [0.2, 0.25) is 5.88 Å². The Balaban J connectivity index is 1.37. The second-order valence-electron chi connectivity index (χ2n) is 10.7. The molecule has 0 radical (unpaired) electrons. The van der Waals surface area contributed by atoms with E-state index in [1.807, 2.05) is 53.8 Å². The van der Waals surface area contributed by atoms with Crippen LogP contribution >= 0.6 is 0 Å². The van der Waals surface area contributed by atoms with Crippen LogP contribution in [-0.4, -0.2) is 58.2 Å². The topological polar surface area (TPSA) is 110 Å². The Labute approximate surface area is 208 Å². The van der Waals surface area contributed by atoms with E-state index < -0.39 is 17.8 Å². The first-order chi connectivity index (χ1) is 16.9. The van der Waals surface area contributed by atoms with Gasteiger partial charge in [-0.3, -0.25) is 0 Å². The van der Waals surface area contributed by atoms with E-state index in [1.165, 1.54) is 0 Å². The smallest absolute Gasteiger partial charge is 0.233 e. The number of aromatic hydroxyl groups is 1. The lowest BCUT2D eigenvalue weighted by atomic mass is 9.79. The van der Waals surface area contributed by atoms with Crippen molar-refractivity contribution in [1.82, 2.24) is 35.1 Å². The quantitative estimate of drug-likeness (QED) is 0.437.